The summed E-state index contributed by atoms with van der Waals surface area (Å²) in [6.07, 6.45) is -0.613. The minimum Gasteiger partial charge on any atom is -1.00 e. The molecule has 1 atom stereocenters. The van der Waals surface area contributed by atoms with Gasteiger partial charge in [-0.2, -0.15) is 0 Å². The number of carbonyl (C=O) groups excluding carboxylic acids is 1. The molecule has 0 heterocycles. The molecule has 0 saturated heterocycles. The molecule has 108 valence electrons. The number of esters is 1. The molecule has 0 aliphatic heterocycles. The van der Waals surface area contributed by atoms with Crippen LogP contribution in [0.4, 0.5) is 0 Å². The van der Waals surface area contributed by atoms with Gasteiger partial charge < -0.3 is 19.0 Å². The van der Waals surface area contributed by atoms with Gasteiger partial charge in [-0.1, -0.05) is 6.58 Å². The molecule has 0 aromatic rings. The van der Waals surface area contributed by atoms with E-state index in [0.29, 0.717) is 12.1 Å². The zero-order valence-electron chi connectivity index (χ0n) is 11.9. The molecule has 0 radical (unpaired) electrons. The largest absolute Gasteiger partial charge is 1.00 e. The standard InChI is InChI=1S/C13H26NO3.FH/c1-6-14(7-2,8-3)9-12(15)10-17-13(16)11(4)5;/h12,15H,4,6-10H2,1-3,5H3;1H/q+1;/p-1. The van der Waals surface area contributed by atoms with E-state index >= 15 is 0 Å². The van der Waals surface area contributed by atoms with Crippen molar-refractivity contribution in [1.82, 2.24) is 0 Å². The first-order valence-corrected chi connectivity index (χ1v) is 6.26. The van der Waals surface area contributed by atoms with E-state index in [0.717, 1.165) is 24.1 Å². The van der Waals surface area contributed by atoms with Crippen molar-refractivity contribution in [3.8, 4) is 0 Å². The van der Waals surface area contributed by atoms with E-state index in [9.17, 15) is 9.90 Å². The minimum atomic E-state index is -0.613. The fourth-order valence-electron chi connectivity index (χ4n) is 1.85. The van der Waals surface area contributed by atoms with Crippen LogP contribution in [-0.2, 0) is 9.53 Å². The molecule has 0 aromatic heterocycles. The van der Waals surface area contributed by atoms with Crippen LogP contribution in [0.25, 0.3) is 0 Å². The van der Waals surface area contributed by atoms with Gasteiger partial charge >= 0.3 is 5.97 Å². The molecule has 0 bridgehead atoms. The normalized spacial score (nSPS) is 12.5. The Morgan fingerprint density at radius 1 is 1.28 bits per heavy atom. The maximum Gasteiger partial charge on any atom is 0.333 e. The summed E-state index contributed by atoms with van der Waals surface area (Å²) in [7, 11) is 0. The predicted molar refractivity (Wildman–Crippen MR) is 68.5 cm³/mol. The topological polar surface area (TPSA) is 46.5 Å². The van der Waals surface area contributed by atoms with Crippen LogP contribution in [0.3, 0.4) is 0 Å². The lowest BCUT2D eigenvalue weighted by Gasteiger charge is -2.37. The Hall–Kier alpha value is -0.940. The van der Waals surface area contributed by atoms with Gasteiger partial charge in [0.2, 0.25) is 0 Å². The Labute approximate surface area is 109 Å². The maximum atomic E-state index is 11.2. The maximum absolute atomic E-state index is 11.2. The van der Waals surface area contributed by atoms with Gasteiger partial charge in [-0.15, -0.1) is 0 Å². The number of carbonyl (C=O) groups is 1. The molecule has 1 N–H and O–H groups in total. The Balaban J connectivity index is 0. The van der Waals surface area contributed by atoms with Crippen LogP contribution >= 0.6 is 0 Å². The number of halogens is 1. The number of aliphatic hydroxyl groups is 1. The first kappa shape index (κ1) is 19.4. The second kappa shape index (κ2) is 9.05. The van der Waals surface area contributed by atoms with Crippen LogP contribution in [0.15, 0.2) is 12.2 Å². The summed E-state index contributed by atoms with van der Waals surface area (Å²) in [5, 5.41) is 9.89. The molecule has 18 heavy (non-hydrogen) atoms. The molecule has 0 aromatic carbocycles. The molecule has 0 aliphatic carbocycles. The molecule has 1 unspecified atom stereocenters. The van der Waals surface area contributed by atoms with Crippen LogP contribution in [0.2, 0.25) is 0 Å². The summed E-state index contributed by atoms with van der Waals surface area (Å²) in [4.78, 5) is 11.2. The van der Waals surface area contributed by atoms with Gasteiger partial charge in [0, 0.05) is 5.57 Å². The van der Waals surface area contributed by atoms with Crippen molar-refractivity contribution in [3.05, 3.63) is 12.2 Å². The molecular formula is C13H26FNO3. The van der Waals surface area contributed by atoms with Crippen molar-refractivity contribution >= 4 is 5.97 Å². The van der Waals surface area contributed by atoms with E-state index in [1.165, 1.54) is 0 Å². The van der Waals surface area contributed by atoms with Crippen LogP contribution < -0.4 is 4.70 Å². The Morgan fingerprint density at radius 2 is 1.72 bits per heavy atom. The van der Waals surface area contributed by atoms with Gasteiger partial charge in [0.15, 0.2) is 0 Å². The van der Waals surface area contributed by atoms with Crippen LogP contribution in [0, 0.1) is 0 Å². The molecule has 0 amide bonds. The van der Waals surface area contributed by atoms with E-state index in [1.807, 2.05) is 0 Å². The monoisotopic (exact) mass is 263 g/mol. The van der Waals surface area contributed by atoms with E-state index in [-0.39, 0.29) is 11.3 Å². The van der Waals surface area contributed by atoms with E-state index in [2.05, 4.69) is 27.4 Å². The van der Waals surface area contributed by atoms with Crippen molar-refractivity contribution in [3.63, 3.8) is 0 Å². The zero-order chi connectivity index (χ0) is 13.5. The fraction of sp³-hybridized carbons (Fsp3) is 0.769. The summed E-state index contributed by atoms with van der Waals surface area (Å²) in [5.74, 6) is -0.438. The molecule has 0 aliphatic rings. The van der Waals surface area contributed by atoms with Crippen molar-refractivity contribution in [2.24, 2.45) is 0 Å². The second-order valence-corrected chi connectivity index (χ2v) is 4.51. The molecule has 0 rings (SSSR count). The van der Waals surface area contributed by atoms with E-state index in [1.54, 1.807) is 6.92 Å². The summed E-state index contributed by atoms with van der Waals surface area (Å²) < 4.78 is 5.79. The molecule has 0 spiro atoms. The van der Waals surface area contributed by atoms with Crippen molar-refractivity contribution in [2.45, 2.75) is 33.8 Å². The Morgan fingerprint density at radius 3 is 2.06 bits per heavy atom. The van der Waals surface area contributed by atoms with Gasteiger partial charge in [0.05, 0.1) is 19.6 Å². The number of hydrogen-bond donors (Lipinski definition) is 1. The van der Waals surface area contributed by atoms with Gasteiger partial charge in [-0.05, 0) is 27.7 Å². The van der Waals surface area contributed by atoms with E-state index < -0.39 is 12.1 Å². The lowest BCUT2D eigenvalue weighted by atomic mass is 10.2. The number of ether oxygens (including phenoxy) is 1. The smallest absolute Gasteiger partial charge is 0.333 e. The van der Waals surface area contributed by atoms with Gasteiger partial charge in [0.1, 0.15) is 19.3 Å². The van der Waals surface area contributed by atoms with Crippen molar-refractivity contribution in [1.29, 1.82) is 0 Å². The number of likely N-dealkylation sites (N-methyl/N-ethyl adjacent to an activating group) is 1. The zero-order valence-corrected chi connectivity index (χ0v) is 11.9. The number of quaternary nitrogens is 1. The third-order valence-corrected chi connectivity index (χ3v) is 3.37. The second-order valence-electron chi connectivity index (χ2n) is 4.51. The number of aliphatic hydroxyl groups excluding tert-OH is 1. The van der Waals surface area contributed by atoms with Gasteiger partial charge in [0.25, 0.3) is 0 Å². The average molecular weight is 263 g/mol. The van der Waals surface area contributed by atoms with Gasteiger partial charge in [-0.25, -0.2) is 4.79 Å². The molecule has 5 heteroatoms. The highest BCUT2D eigenvalue weighted by molar-refractivity contribution is 5.86. The first-order valence-electron chi connectivity index (χ1n) is 6.26. The molecule has 4 nitrogen and oxygen atoms in total. The van der Waals surface area contributed by atoms with Crippen molar-refractivity contribution in [2.75, 3.05) is 32.8 Å². The SMILES string of the molecule is C=C(C)C(=O)OCC(O)C[N+](CC)(CC)CC.[F-]. The lowest BCUT2D eigenvalue weighted by molar-refractivity contribution is -0.926. The van der Waals surface area contributed by atoms with Gasteiger partial charge in [-0.3, -0.25) is 0 Å². The third kappa shape index (κ3) is 6.12. The average Bonchev–Trinajstić information content (AvgIpc) is 2.33. The summed E-state index contributed by atoms with van der Waals surface area (Å²) in [6, 6.07) is 0. The van der Waals surface area contributed by atoms with Crippen molar-refractivity contribution < 1.29 is 23.8 Å². The lowest BCUT2D eigenvalue weighted by Crippen LogP contribution is -3.00. The summed E-state index contributed by atoms with van der Waals surface area (Å²) >= 11 is 0. The predicted octanol–water partition coefficient (Wildman–Crippen LogP) is -1.65. The highest BCUT2D eigenvalue weighted by atomic mass is 19.0. The molecular weight excluding hydrogens is 237 g/mol. The summed E-state index contributed by atoms with van der Waals surface area (Å²) in [6.45, 7) is 15.0. The highest BCUT2D eigenvalue weighted by Crippen LogP contribution is 2.08. The first-order chi connectivity index (χ1) is 7.90. The number of nitrogens with zero attached hydrogens (tertiary/aromatic N) is 1. The third-order valence-electron chi connectivity index (χ3n) is 3.37. The Bertz CT molecular complexity index is 257. The molecule has 0 fully saturated rings. The Kier molecular flexibility index (Phi) is 9.76. The highest BCUT2D eigenvalue weighted by Gasteiger charge is 2.25. The quantitative estimate of drug-likeness (QED) is 0.324. The van der Waals surface area contributed by atoms with Crippen LogP contribution in [-0.4, -0.2) is 54.4 Å². The minimum absolute atomic E-state index is 0. The summed E-state index contributed by atoms with van der Waals surface area (Å²) in [5.41, 5.74) is 0.361. The van der Waals surface area contributed by atoms with Crippen LogP contribution in [0.1, 0.15) is 27.7 Å². The van der Waals surface area contributed by atoms with Crippen LogP contribution in [0.5, 0.6) is 0 Å². The number of hydrogen-bond acceptors (Lipinski definition) is 3. The molecule has 0 saturated carbocycles. The van der Waals surface area contributed by atoms with E-state index in [4.69, 9.17) is 4.74 Å². The fourth-order valence-corrected chi connectivity index (χ4v) is 1.85. The number of rotatable bonds is 8.